The number of hydrogen-bond donors (Lipinski definition) is 1. The Balaban J connectivity index is 2.24. The zero-order chi connectivity index (χ0) is 14.5. The van der Waals surface area contributed by atoms with Crippen LogP contribution in [0.1, 0.15) is 16.2 Å². The van der Waals surface area contributed by atoms with E-state index in [9.17, 15) is 9.59 Å². The smallest absolute Gasteiger partial charge is 0.331 e. The number of aliphatic hydroxyl groups excluding tert-OH is 1. The van der Waals surface area contributed by atoms with E-state index in [0.717, 1.165) is 9.75 Å². The van der Waals surface area contributed by atoms with Gasteiger partial charge in [0.2, 0.25) is 0 Å². The standard InChI is InChI=1S/C14H14N2O3S/c1-15-8-7-13(18)16(14(15)19)10-12-6-5-11(20-12)4-2-3-9-17/h5-8,17H,3,9-10H2,1H3. The van der Waals surface area contributed by atoms with Crippen molar-refractivity contribution in [1.82, 2.24) is 9.13 Å². The largest absolute Gasteiger partial charge is 0.395 e. The van der Waals surface area contributed by atoms with Crippen molar-refractivity contribution in [2.45, 2.75) is 13.0 Å². The zero-order valence-corrected chi connectivity index (χ0v) is 11.8. The number of nitrogens with zero attached hydrogens (tertiary/aromatic N) is 2. The minimum atomic E-state index is -0.334. The number of hydrogen-bond acceptors (Lipinski definition) is 4. The van der Waals surface area contributed by atoms with Crippen LogP contribution in [0.5, 0.6) is 0 Å². The molecule has 0 radical (unpaired) electrons. The summed E-state index contributed by atoms with van der Waals surface area (Å²) in [6, 6.07) is 5.08. The Hall–Kier alpha value is -2.10. The van der Waals surface area contributed by atoms with Crippen LogP contribution in [-0.4, -0.2) is 20.8 Å². The van der Waals surface area contributed by atoms with Crippen LogP contribution in [0.25, 0.3) is 0 Å². The van der Waals surface area contributed by atoms with E-state index in [0.29, 0.717) is 6.42 Å². The van der Waals surface area contributed by atoms with Crippen LogP contribution in [0.4, 0.5) is 0 Å². The molecule has 0 atom stereocenters. The van der Waals surface area contributed by atoms with Gasteiger partial charge < -0.3 is 9.67 Å². The molecule has 104 valence electrons. The zero-order valence-electron chi connectivity index (χ0n) is 11.0. The first kappa shape index (κ1) is 14.3. The summed E-state index contributed by atoms with van der Waals surface area (Å²) in [5.74, 6) is 5.77. The number of aryl methyl sites for hydroxylation is 1. The molecule has 2 aromatic rings. The Morgan fingerprint density at radius 1 is 1.30 bits per heavy atom. The second-order valence-electron chi connectivity index (χ2n) is 4.17. The number of aliphatic hydroxyl groups is 1. The molecule has 5 nitrogen and oxygen atoms in total. The van der Waals surface area contributed by atoms with Gasteiger partial charge in [-0.3, -0.25) is 9.36 Å². The molecular formula is C14H14N2O3S. The molecule has 0 saturated carbocycles. The van der Waals surface area contributed by atoms with Crippen molar-refractivity contribution < 1.29 is 5.11 Å². The lowest BCUT2D eigenvalue weighted by Crippen LogP contribution is -2.37. The summed E-state index contributed by atoms with van der Waals surface area (Å²) in [5.41, 5.74) is -0.645. The predicted octanol–water partition coefficient (Wildman–Crippen LogP) is 0.391. The number of rotatable bonds is 3. The first-order valence-electron chi connectivity index (χ1n) is 6.06. The monoisotopic (exact) mass is 290 g/mol. The van der Waals surface area contributed by atoms with Crippen LogP contribution in [-0.2, 0) is 13.6 Å². The lowest BCUT2D eigenvalue weighted by molar-refractivity contribution is 0.305. The predicted molar refractivity (Wildman–Crippen MR) is 77.9 cm³/mol. The molecule has 20 heavy (non-hydrogen) atoms. The highest BCUT2D eigenvalue weighted by Crippen LogP contribution is 2.15. The maximum Gasteiger partial charge on any atom is 0.331 e. The molecule has 0 spiro atoms. The third-order valence-electron chi connectivity index (χ3n) is 2.66. The normalized spacial score (nSPS) is 10.1. The van der Waals surface area contributed by atoms with Crippen LogP contribution >= 0.6 is 11.3 Å². The fourth-order valence-corrected chi connectivity index (χ4v) is 2.52. The lowest BCUT2D eigenvalue weighted by Gasteiger charge is -2.04. The molecule has 0 aromatic carbocycles. The molecule has 0 saturated heterocycles. The SMILES string of the molecule is Cn1ccc(=O)n(Cc2ccc(C#CCCO)s2)c1=O. The van der Waals surface area contributed by atoms with Crippen molar-refractivity contribution in [3.63, 3.8) is 0 Å². The van der Waals surface area contributed by atoms with Gasteiger partial charge >= 0.3 is 5.69 Å². The molecule has 2 aromatic heterocycles. The molecular weight excluding hydrogens is 276 g/mol. The highest BCUT2D eigenvalue weighted by molar-refractivity contribution is 7.12. The number of thiophene rings is 1. The molecule has 0 aliphatic heterocycles. The Kier molecular flexibility index (Phi) is 4.56. The highest BCUT2D eigenvalue weighted by atomic mass is 32.1. The second kappa shape index (κ2) is 6.37. The number of aromatic nitrogens is 2. The maximum atomic E-state index is 11.9. The van der Waals surface area contributed by atoms with Crippen LogP contribution in [0.15, 0.2) is 34.0 Å². The topological polar surface area (TPSA) is 64.2 Å². The summed E-state index contributed by atoms with van der Waals surface area (Å²) in [6.07, 6.45) is 1.90. The van der Waals surface area contributed by atoms with Gasteiger partial charge in [0, 0.05) is 30.6 Å². The first-order valence-corrected chi connectivity index (χ1v) is 6.88. The van der Waals surface area contributed by atoms with Gasteiger partial charge in [0.15, 0.2) is 0 Å². The van der Waals surface area contributed by atoms with Crippen LogP contribution < -0.4 is 11.2 Å². The van der Waals surface area contributed by atoms with Gasteiger partial charge in [0.05, 0.1) is 18.0 Å². The van der Waals surface area contributed by atoms with Gasteiger partial charge in [-0.2, -0.15) is 0 Å². The van der Waals surface area contributed by atoms with Gasteiger partial charge in [0.1, 0.15) is 0 Å². The fourth-order valence-electron chi connectivity index (χ4n) is 1.65. The van der Waals surface area contributed by atoms with Crippen molar-refractivity contribution in [1.29, 1.82) is 0 Å². The van der Waals surface area contributed by atoms with Gasteiger partial charge in [-0.05, 0) is 12.1 Å². The van der Waals surface area contributed by atoms with E-state index in [1.54, 1.807) is 7.05 Å². The third kappa shape index (κ3) is 3.26. The van der Waals surface area contributed by atoms with Crippen LogP contribution in [0, 0.1) is 11.8 Å². The quantitative estimate of drug-likeness (QED) is 0.832. The molecule has 0 fully saturated rings. The molecule has 0 aliphatic carbocycles. The van der Waals surface area contributed by atoms with E-state index in [4.69, 9.17) is 5.11 Å². The molecule has 6 heteroatoms. The van der Waals surface area contributed by atoms with E-state index >= 15 is 0 Å². The Labute approximate surface area is 119 Å². The van der Waals surface area contributed by atoms with Crippen LogP contribution in [0.3, 0.4) is 0 Å². The second-order valence-corrected chi connectivity index (χ2v) is 5.34. The Morgan fingerprint density at radius 2 is 2.10 bits per heavy atom. The molecule has 0 bridgehead atoms. The molecule has 0 amide bonds. The lowest BCUT2D eigenvalue weighted by atomic mass is 10.4. The van der Waals surface area contributed by atoms with E-state index < -0.39 is 0 Å². The van der Waals surface area contributed by atoms with Gasteiger partial charge in [-0.25, -0.2) is 4.79 Å². The van der Waals surface area contributed by atoms with Crippen LogP contribution in [0.2, 0.25) is 0 Å². The summed E-state index contributed by atoms with van der Waals surface area (Å²) in [6.45, 7) is 0.291. The molecule has 2 rings (SSSR count). The third-order valence-corrected chi connectivity index (χ3v) is 3.65. The summed E-state index contributed by atoms with van der Waals surface area (Å²) < 4.78 is 2.56. The molecule has 2 heterocycles. The minimum absolute atomic E-state index is 0.0423. The van der Waals surface area contributed by atoms with E-state index in [2.05, 4.69) is 11.8 Å². The summed E-state index contributed by atoms with van der Waals surface area (Å²) in [4.78, 5) is 25.3. The van der Waals surface area contributed by atoms with Crippen molar-refractivity contribution in [2.75, 3.05) is 6.61 Å². The minimum Gasteiger partial charge on any atom is -0.395 e. The average molecular weight is 290 g/mol. The Bertz CT molecular complexity index is 774. The van der Waals surface area contributed by atoms with Crippen molar-refractivity contribution in [3.05, 3.63) is 55.0 Å². The fraction of sp³-hybridized carbons (Fsp3) is 0.286. The van der Waals surface area contributed by atoms with Crippen molar-refractivity contribution in [3.8, 4) is 11.8 Å². The summed E-state index contributed by atoms with van der Waals surface area (Å²) in [7, 11) is 1.61. The van der Waals surface area contributed by atoms with E-state index in [-0.39, 0.29) is 24.4 Å². The summed E-state index contributed by atoms with van der Waals surface area (Å²) in [5, 5.41) is 8.66. The average Bonchev–Trinajstić information content (AvgIpc) is 2.87. The van der Waals surface area contributed by atoms with Gasteiger partial charge in [0.25, 0.3) is 5.56 Å². The highest BCUT2D eigenvalue weighted by Gasteiger charge is 2.05. The molecule has 0 unspecified atom stereocenters. The molecule has 1 N–H and O–H groups in total. The maximum absolute atomic E-state index is 11.9. The van der Waals surface area contributed by atoms with Crippen molar-refractivity contribution >= 4 is 11.3 Å². The van der Waals surface area contributed by atoms with Gasteiger partial charge in [-0.15, -0.1) is 11.3 Å². The van der Waals surface area contributed by atoms with Gasteiger partial charge in [-0.1, -0.05) is 11.8 Å². The Morgan fingerprint density at radius 3 is 2.85 bits per heavy atom. The van der Waals surface area contributed by atoms with E-state index in [1.165, 1.54) is 32.7 Å². The first-order chi connectivity index (χ1) is 9.61. The molecule has 0 aliphatic rings. The summed E-state index contributed by atoms with van der Waals surface area (Å²) >= 11 is 1.44. The van der Waals surface area contributed by atoms with E-state index in [1.807, 2.05) is 12.1 Å². The van der Waals surface area contributed by atoms with Crippen molar-refractivity contribution in [2.24, 2.45) is 7.05 Å².